The first kappa shape index (κ1) is 22.2. The summed E-state index contributed by atoms with van der Waals surface area (Å²) in [5, 5.41) is 20.5. The Hall–Kier alpha value is -2.86. The number of ether oxygens (including phenoxy) is 1. The summed E-state index contributed by atoms with van der Waals surface area (Å²) in [5.74, 6) is -0.489. The average molecular weight is 372 g/mol. The number of benzene rings is 1. The molecule has 3 N–H and O–H groups in total. The molecule has 0 unspecified atom stereocenters. The molecule has 2 rings (SSSR count). The van der Waals surface area contributed by atoms with Crippen molar-refractivity contribution in [1.29, 1.82) is 0 Å². The summed E-state index contributed by atoms with van der Waals surface area (Å²) in [6.45, 7) is 6.18. The average Bonchev–Trinajstić information content (AvgIpc) is 2.62. The van der Waals surface area contributed by atoms with E-state index in [0.29, 0.717) is 6.04 Å². The third kappa shape index (κ3) is 8.87. The molecule has 27 heavy (non-hydrogen) atoms. The second-order valence-electron chi connectivity index (χ2n) is 6.27. The number of hydrogen-bond donors (Lipinski definition) is 3. The van der Waals surface area contributed by atoms with Crippen LogP contribution in [0.2, 0.25) is 0 Å². The maximum atomic E-state index is 10.3. The number of aromatic carboxylic acids is 1. The molecule has 0 radical (unpaired) electrons. The third-order valence-corrected chi connectivity index (χ3v) is 3.53. The van der Waals surface area contributed by atoms with Crippen molar-refractivity contribution in [3.8, 4) is 11.5 Å². The SMILES string of the molecule is CN[C@@H](C)C/C=C/c1cncc(OC(C)C)c1.O=C(O)c1ccccc1O. The van der Waals surface area contributed by atoms with Crippen molar-refractivity contribution >= 4 is 12.0 Å². The molecule has 0 aliphatic rings. The molecule has 2 aromatic rings. The van der Waals surface area contributed by atoms with Gasteiger partial charge in [-0.2, -0.15) is 0 Å². The Balaban J connectivity index is 0.000000309. The number of para-hydroxylation sites is 1. The van der Waals surface area contributed by atoms with Crippen molar-refractivity contribution in [2.45, 2.75) is 39.3 Å². The van der Waals surface area contributed by atoms with Crippen LogP contribution in [0.1, 0.15) is 43.1 Å². The number of rotatable bonds is 7. The van der Waals surface area contributed by atoms with Gasteiger partial charge in [0.05, 0.1) is 12.3 Å². The van der Waals surface area contributed by atoms with E-state index in [4.69, 9.17) is 14.9 Å². The zero-order valence-corrected chi connectivity index (χ0v) is 16.2. The topological polar surface area (TPSA) is 91.7 Å². The fourth-order valence-corrected chi connectivity index (χ4v) is 2.04. The van der Waals surface area contributed by atoms with Gasteiger partial charge in [-0.05, 0) is 58.0 Å². The van der Waals surface area contributed by atoms with Crippen LogP contribution < -0.4 is 10.1 Å². The molecule has 0 spiro atoms. The lowest BCUT2D eigenvalue weighted by Gasteiger charge is -2.09. The van der Waals surface area contributed by atoms with E-state index in [-0.39, 0.29) is 17.4 Å². The van der Waals surface area contributed by atoms with E-state index >= 15 is 0 Å². The monoisotopic (exact) mass is 372 g/mol. The van der Waals surface area contributed by atoms with Gasteiger partial charge < -0.3 is 20.3 Å². The van der Waals surface area contributed by atoms with Crippen LogP contribution >= 0.6 is 0 Å². The molecule has 1 aromatic carbocycles. The minimum Gasteiger partial charge on any atom is -0.507 e. The van der Waals surface area contributed by atoms with Crippen molar-refractivity contribution in [1.82, 2.24) is 10.3 Å². The van der Waals surface area contributed by atoms with Crippen LogP contribution in [-0.2, 0) is 0 Å². The van der Waals surface area contributed by atoms with E-state index in [1.54, 1.807) is 18.3 Å². The van der Waals surface area contributed by atoms with Gasteiger partial charge in [0.1, 0.15) is 17.1 Å². The Morgan fingerprint density at radius 3 is 2.52 bits per heavy atom. The van der Waals surface area contributed by atoms with Gasteiger partial charge >= 0.3 is 5.97 Å². The third-order valence-electron chi connectivity index (χ3n) is 3.53. The van der Waals surface area contributed by atoms with Gasteiger partial charge in [0, 0.05) is 12.2 Å². The predicted molar refractivity (Wildman–Crippen MR) is 107 cm³/mol. The maximum absolute atomic E-state index is 10.3. The fraction of sp³-hybridized carbons (Fsp3) is 0.333. The molecule has 0 saturated carbocycles. The van der Waals surface area contributed by atoms with Gasteiger partial charge in [0.2, 0.25) is 0 Å². The first-order chi connectivity index (χ1) is 12.8. The van der Waals surface area contributed by atoms with Crippen LogP contribution in [0.5, 0.6) is 11.5 Å². The van der Waals surface area contributed by atoms with Crippen molar-refractivity contribution < 1.29 is 19.7 Å². The summed E-state index contributed by atoms with van der Waals surface area (Å²) < 4.78 is 5.59. The molecule has 0 amide bonds. The Morgan fingerprint density at radius 1 is 1.26 bits per heavy atom. The first-order valence-corrected chi connectivity index (χ1v) is 8.80. The highest BCUT2D eigenvalue weighted by molar-refractivity contribution is 5.90. The fourth-order valence-electron chi connectivity index (χ4n) is 2.04. The largest absolute Gasteiger partial charge is 0.507 e. The van der Waals surface area contributed by atoms with Gasteiger partial charge in [-0.1, -0.05) is 24.3 Å². The van der Waals surface area contributed by atoms with Gasteiger partial charge in [0.25, 0.3) is 0 Å². The quantitative estimate of drug-likeness (QED) is 0.681. The minimum atomic E-state index is -1.11. The lowest BCUT2D eigenvalue weighted by atomic mass is 10.2. The van der Waals surface area contributed by atoms with Crippen molar-refractivity contribution in [3.05, 3.63) is 59.9 Å². The molecule has 1 aromatic heterocycles. The number of carboxylic acids is 1. The number of pyridine rings is 1. The summed E-state index contributed by atoms with van der Waals surface area (Å²) in [7, 11) is 1.97. The molecule has 0 aliphatic heterocycles. The lowest BCUT2D eigenvalue weighted by molar-refractivity contribution is 0.0693. The highest BCUT2D eigenvalue weighted by atomic mass is 16.5. The minimum absolute atomic E-state index is 0.0671. The summed E-state index contributed by atoms with van der Waals surface area (Å²) in [4.78, 5) is 14.4. The summed E-state index contributed by atoms with van der Waals surface area (Å²) >= 11 is 0. The van der Waals surface area contributed by atoms with E-state index < -0.39 is 5.97 Å². The molecule has 1 heterocycles. The molecule has 0 saturated heterocycles. The predicted octanol–water partition coefficient (Wildman–Crippen LogP) is 3.97. The first-order valence-electron chi connectivity index (χ1n) is 8.80. The van der Waals surface area contributed by atoms with Gasteiger partial charge in [-0.3, -0.25) is 4.98 Å². The molecule has 0 fully saturated rings. The standard InChI is InChI=1S/C14H22N2O.C7H6O3/c1-11(2)17-14-8-13(9-16-10-14)7-5-6-12(3)15-4;8-6-4-2-1-3-5(6)7(9)10/h5,7-12,15H,6H2,1-4H3;1-4,8H,(H,9,10)/b7-5+;/t12-;/m0./s1. The molecule has 1 atom stereocenters. The number of hydrogen-bond acceptors (Lipinski definition) is 5. The summed E-state index contributed by atoms with van der Waals surface area (Å²) in [6.07, 6.45) is 9.00. The zero-order valence-electron chi connectivity index (χ0n) is 16.2. The Labute approximate surface area is 160 Å². The van der Waals surface area contributed by atoms with Gasteiger partial charge in [-0.25, -0.2) is 4.79 Å². The number of carboxylic acid groups (broad SMARTS) is 1. The van der Waals surface area contributed by atoms with Crippen LogP contribution in [0.4, 0.5) is 0 Å². The lowest BCUT2D eigenvalue weighted by Crippen LogP contribution is -2.19. The van der Waals surface area contributed by atoms with Gasteiger partial charge in [-0.15, -0.1) is 0 Å². The van der Waals surface area contributed by atoms with Crippen molar-refractivity contribution in [2.75, 3.05) is 7.05 Å². The van der Waals surface area contributed by atoms with E-state index in [0.717, 1.165) is 17.7 Å². The Kier molecular flexibility index (Phi) is 9.61. The van der Waals surface area contributed by atoms with Crippen LogP contribution in [0, 0.1) is 0 Å². The van der Waals surface area contributed by atoms with E-state index in [9.17, 15) is 4.79 Å². The summed E-state index contributed by atoms with van der Waals surface area (Å²) in [5.41, 5.74) is 1.01. The van der Waals surface area contributed by atoms with Crippen molar-refractivity contribution in [3.63, 3.8) is 0 Å². The number of carbonyl (C=O) groups is 1. The van der Waals surface area contributed by atoms with E-state index in [1.165, 1.54) is 12.1 Å². The van der Waals surface area contributed by atoms with Crippen molar-refractivity contribution in [2.24, 2.45) is 0 Å². The van der Waals surface area contributed by atoms with E-state index in [2.05, 4.69) is 29.4 Å². The van der Waals surface area contributed by atoms with Crippen LogP contribution in [0.25, 0.3) is 6.08 Å². The maximum Gasteiger partial charge on any atom is 0.339 e. The molecular formula is C21H28N2O4. The number of nitrogens with zero attached hydrogens (tertiary/aromatic N) is 1. The van der Waals surface area contributed by atoms with Crippen LogP contribution in [0.3, 0.4) is 0 Å². The number of aromatic nitrogens is 1. The zero-order chi connectivity index (χ0) is 20.2. The Bertz CT molecular complexity index is 744. The Morgan fingerprint density at radius 2 is 1.96 bits per heavy atom. The summed E-state index contributed by atoms with van der Waals surface area (Å²) in [6, 6.07) is 8.31. The number of nitrogens with one attached hydrogen (secondary N) is 1. The molecule has 146 valence electrons. The van der Waals surface area contributed by atoms with E-state index in [1.807, 2.05) is 33.2 Å². The van der Waals surface area contributed by atoms with Crippen LogP contribution in [-0.4, -0.2) is 40.4 Å². The highest BCUT2D eigenvalue weighted by Gasteiger charge is 2.05. The molecule has 0 aliphatic carbocycles. The van der Waals surface area contributed by atoms with Crippen LogP contribution in [0.15, 0.2) is 48.8 Å². The van der Waals surface area contributed by atoms with Gasteiger partial charge in [0.15, 0.2) is 0 Å². The normalized spacial score (nSPS) is 11.7. The molecule has 6 nitrogen and oxygen atoms in total. The second-order valence-corrected chi connectivity index (χ2v) is 6.27. The molecule has 0 bridgehead atoms. The number of phenols is 1. The molecular weight excluding hydrogens is 344 g/mol. The highest BCUT2D eigenvalue weighted by Crippen LogP contribution is 2.15. The number of aromatic hydroxyl groups is 1. The smallest absolute Gasteiger partial charge is 0.339 e. The second kappa shape index (κ2) is 11.7. The molecule has 6 heteroatoms.